The first kappa shape index (κ1) is 9.00. The van der Waals surface area contributed by atoms with Crippen molar-refractivity contribution in [2.45, 2.75) is 13.8 Å². The number of hydrogen-bond donors (Lipinski definition) is 0. The summed E-state index contributed by atoms with van der Waals surface area (Å²) in [5, 5.41) is 5.81. The third-order valence-electron chi connectivity index (χ3n) is 1.21. The highest BCUT2D eigenvalue weighted by atomic mass is 32.1. The Hall–Kier alpha value is -1.09. The van der Waals surface area contributed by atoms with Crippen LogP contribution in [0.25, 0.3) is 10.6 Å². The van der Waals surface area contributed by atoms with E-state index in [1.54, 1.807) is 17.6 Å². The van der Waals surface area contributed by atoms with Crippen LogP contribution in [0.3, 0.4) is 0 Å². The summed E-state index contributed by atoms with van der Waals surface area (Å²) >= 11 is 1.66. The van der Waals surface area contributed by atoms with E-state index in [-0.39, 0.29) is 0 Å². The van der Waals surface area contributed by atoms with Crippen LogP contribution in [0.4, 0.5) is 0 Å². The van der Waals surface area contributed by atoms with E-state index in [9.17, 15) is 0 Å². The fourth-order valence-electron chi connectivity index (χ4n) is 0.764. The largest absolute Gasteiger partial charge is 0.364 e. The smallest absolute Gasteiger partial charge is 0.124 e. The van der Waals surface area contributed by atoms with Crippen molar-refractivity contribution in [2.75, 3.05) is 0 Å². The van der Waals surface area contributed by atoms with Crippen LogP contribution >= 0.6 is 11.3 Å². The molecule has 0 aliphatic heterocycles. The average molecular weight is 181 g/mol. The van der Waals surface area contributed by atoms with Crippen LogP contribution in [0.1, 0.15) is 13.8 Å². The average Bonchev–Trinajstić information content (AvgIpc) is 2.80. The summed E-state index contributed by atoms with van der Waals surface area (Å²) in [4.78, 5) is 1.15. The number of thiophene rings is 1. The Morgan fingerprint density at radius 1 is 1.33 bits per heavy atom. The molecule has 3 heteroatoms. The first-order valence-corrected chi connectivity index (χ1v) is 4.79. The molecule has 0 aliphatic rings. The fraction of sp³-hybridized carbons (Fsp3) is 0.222. The summed E-state index contributed by atoms with van der Waals surface area (Å²) < 4.78 is 4.69. The molecule has 0 bridgehead atoms. The minimum Gasteiger partial charge on any atom is -0.364 e. The van der Waals surface area contributed by atoms with Crippen molar-refractivity contribution in [3.05, 3.63) is 29.8 Å². The molecule has 2 aromatic rings. The SMILES string of the molecule is CC.c1csc(-c2ccon2)c1. The van der Waals surface area contributed by atoms with Gasteiger partial charge in [0.1, 0.15) is 12.0 Å². The summed E-state index contributed by atoms with van der Waals surface area (Å²) in [6.45, 7) is 4.00. The lowest BCUT2D eigenvalue weighted by Crippen LogP contribution is -1.65. The van der Waals surface area contributed by atoms with Crippen molar-refractivity contribution in [3.63, 3.8) is 0 Å². The molecule has 0 aromatic carbocycles. The zero-order valence-corrected chi connectivity index (χ0v) is 7.97. The first-order valence-electron chi connectivity index (χ1n) is 3.91. The van der Waals surface area contributed by atoms with Gasteiger partial charge in [-0.3, -0.25) is 0 Å². The molecule has 2 nitrogen and oxygen atoms in total. The second-order valence-corrected chi connectivity index (χ2v) is 2.81. The highest BCUT2D eigenvalue weighted by Crippen LogP contribution is 2.21. The third kappa shape index (κ3) is 1.95. The van der Waals surface area contributed by atoms with Crippen molar-refractivity contribution in [2.24, 2.45) is 0 Å². The lowest BCUT2D eigenvalue weighted by atomic mass is 10.4. The molecule has 2 aromatic heterocycles. The van der Waals surface area contributed by atoms with Crippen molar-refractivity contribution >= 4 is 11.3 Å². The molecular formula is C9H11NOS. The van der Waals surface area contributed by atoms with Crippen LogP contribution in [0.15, 0.2) is 34.4 Å². The lowest BCUT2D eigenvalue weighted by Gasteiger charge is -1.81. The maximum Gasteiger partial charge on any atom is 0.124 e. The Balaban J connectivity index is 0.000000336. The molecule has 0 saturated carbocycles. The summed E-state index contributed by atoms with van der Waals surface area (Å²) in [5.41, 5.74) is 0.912. The zero-order chi connectivity index (χ0) is 8.81. The molecule has 0 N–H and O–H groups in total. The van der Waals surface area contributed by atoms with Gasteiger partial charge in [0.05, 0.1) is 4.88 Å². The molecule has 0 amide bonds. The van der Waals surface area contributed by atoms with Crippen LogP contribution in [0.5, 0.6) is 0 Å². The lowest BCUT2D eigenvalue weighted by molar-refractivity contribution is 0.422. The Bertz CT molecular complexity index is 254. The van der Waals surface area contributed by atoms with Gasteiger partial charge in [-0.2, -0.15) is 0 Å². The Kier molecular flexibility index (Phi) is 3.54. The van der Waals surface area contributed by atoms with Crippen molar-refractivity contribution in [1.82, 2.24) is 5.16 Å². The van der Waals surface area contributed by atoms with Gasteiger partial charge in [-0.1, -0.05) is 25.1 Å². The van der Waals surface area contributed by atoms with E-state index in [2.05, 4.69) is 5.16 Å². The van der Waals surface area contributed by atoms with Gasteiger partial charge in [0.2, 0.25) is 0 Å². The zero-order valence-electron chi connectivity index (χ0n) is 7.15. The van der Waals surface area contributed by atoms with Crippen LogP contribution in [0, 0.1) is 0 Å². The predicted molar refractivity (Wildman–Crippen MR) is 51.2 cm³/mol. The van der Waals surface area contributed by atoms with Gasteiger partial charge in [-0.25, -0.2) is 0 Å². The second-order valence-electron chi connectivity index (χ2n) is 1.86. The minimum atomic E-state index is 0.912. The molecule has 0 aliphatic carbocycles. The third-order valence-corrected chi connectivity index (χ3v) is 2.10. The molecule has 0 spiro atoms. The molecule has 64 valence electrons. The Morgan fingerprint density at radius 3 is 2.67 bits per heavy atom. The van der Waals surface area contributed by atoms with Gasteiger partial charge >= 0.3 is 0 Å². The van der Waals surface area contributed by atoms with Gasteiger partial charge in [-0.05, 0) is 11.4 Å². The summed E-state index contributed by atoms with van der Waals surface area (Å²) in [5.74, 6) is 0. The van der Waals surface area contributed by atoms with E-state index in [1.165, 1.54) is 0 Å². The highest BCUT2D eigenvalue weighted by Gasteiger charge is 1.99. The van der Waals surface area contributed by atoms with Crippen LogP contribution in [-0.4, -0.2) is 5.16 Å². The quantitative estimate of drug-likeness (QED) is 0.673. The topological polar surface area (TPSA) is 26.0 Å². The van der Waals surface area contributed by atoms with Gasteiger partial charge in [0.25, 0.3) is 0 Å². The van der Waals surface area contributed by atoms with Gasteiger partial charge in [-0.15, -0.1) is 11.3 Å². The summed E-state index contributed by atoms with van der Waals surface area (Å²) in [7, 11) is 0. The molecule has 0 atom stereocenters. The van der Waals surface area contributed by atoms with E-state index in [0.29, 0.717) is 0 Å². The van der Waals surface area contributed by atoms with Gasteiger partial charge in [0.15, 0.2) is 0 Å². The van der Waals surface area contributed by atoms with Gasteiger partial charge < -0.3 is 4.52 Å². The number of hydrogen-bond acceptors (Lipinski definition) is 3. The predicted octanol–water partition coefficient (Wildman–Crippen LogP) is 3.43. The molecule has 12 heavy (non-hydrogen) atoms. The second kappa shape index (κ2) is 4.72. The molecule has 0 radical (unpaired) electrons. The van der Waals surface area contributed by atoms with Crippen LogP contribution in [0.2, 0.25) is 0 Å². The van der Waals surface area contributed by atoms with Crippen molar-refractivity contribution < 1.29 is 4.52 Å². The van der Waals surface area contributed by atoms with Crippen LogP contribution < -0.4 is 0 Å². The molecule has 2 heterocycles. The summed E-state index contributed by atoms with van der Waals surface area (Å²) in [6.07, 6.45) is 1.58. The molecule has 0 fully saturated rings. The van der Waals surface area contributed by atoms with E-state index >= 15 is 0 Å². The van der Waals surface area contributed by atoms with E-state index in [0.717, 1.165) is 10.6 Å². The maximum absolute atomic E-state index is 4.69. The van der Waals surface area contributed by atoms with E-state index < -0.39 is 0 Å². The highest BCUT2D eigenvalue weighted by molar-refractivity contribution is 7.13. The monoisotopic (exact) mass is 181 g/mol. The fourth-order valence-corrected chi connectivity index (χ4v) is 1.45. The number of aromatic nitrogens is 1. The Morgan fingerprint density at radius 2 is 2.17 bits per heavy atom. The standard InChI is InChI=1S/C7H5NOS.C2H6/c1-2-7(10-5-1)6-3-4-9-8-6;1-2/h1-5H;1-2H3. The number of rotatable bonds is 1. The normalized spacial score (nSPS) is 8.83. The number of nitrogens with zero attached hydrogens (tertiary/aromatic N) is 1. The van der Waals surface area contributed by atoms with E-state index in [1.807, 2.05) is 37.4 Å². The van der Waals surface area contributed by atoms with Crippen LogP contribution in [-0.2, 0) is 0 Å². The molecule has 2 rings (SSSR count). The maximum atomic E-state index is 4.69. The molecule has 0 saturated heterocycles. The molecule has 0 unspecified atom stereocenters. The molecular weight excluding hydrogens is 170 g/mol. The van der Waals surface area contributed by atoms with E-state index in [4.69, 9.17) is 4.52 Å². The van der Waals surface area contributed by atoms with Crippen molar-refractivity contribution in [1.29, 1.82) is 0 Å². The van der Waals surface area contributed by atoms with Gasteiger partial charge in [0, 0.05) is 6.07 Å². The Labute approximate surface area is 75.8 Å². The van der Waals surface area contributed by atoms with Crippen molar-refractivity contribution in [3.8, 4) is 10.6 Å². The summed E-state index contributed by atoms with van der Waals surface area (Å²) in [6, 6.07) is 5.86. The first-order chi connectivity index (χ1) is 5.97. The minimum absolute atomic E-state index is 0.912.